The second kappa shape index (κ2) is 5.41. The summed E-state index contributed by atoms with van der Waals surface area (Å²) in [5.74, 6) is 1.57. The lowest BCUT2D eigenvalue weighted by Crippen LogP contribution is -2.10. The van der Waals surface area contributed by atoms with Crippen LogP contribution in [0.5, 0.6) is 11.5 Å². The Labute approximate surface area is 101 Å². The van der Waals surface area contributed by atoms with Crippen LogP contribution in [-0.2, 0) is 6.42 Å². The molecule has 0 saturated heterocycles. The summed E-state index contributed by atoms with van der Waals surface area (Å²) in [6, 6.07) is 3.84. The van der Waals surface area contributed by atoms with Gasteiger partial charge >= 0.3 is 0 Å². The number of halogens is 1. The summed E-state index contributed by atoms with van der Waals surface area (Å²) >= 11 is 6.19. The van der Waals surface area contributed by atoms with Gasteiger partial charge in [-0.2, -0.15) is 0 Å². The van der Waals surface area contributed by atoms with E-state index in [2.05, 4.69) is 5.32 Å². The standard InChI is InChI=1S/C12H16ClNO2/c1-14-4-3-9-7-11-12(8-10(9)13)16-6-2-5-15-11/h7-8,14H,2-6H2,1H3. The van der Waals surface area contributed by atoms with E-state index in [1.165, 1.54) is 0 Å². The van der Waals surface area contributed by atoms with Crippen molar-refractivity contribution in [3.63, 3.8) is 0 Å². The van der Waals surface area contributed by atoms with E-state index in [-0.39, 0.29) is 0 Å². The highest BCUT2D eigenvalue weighted by Gasteiger charge is 2.13. The number of hydrogen-bond acceptors (Lipinski definition) is 3. The Morgan fingerprint density at radius 3 is 2.62 bits per heavy atom. The van der Waals surface area contributed by atoms with Crippen LogP contribution >= 0.6 is 11.6 Å². The second-order valence-corrected chi connectivity index (χ2v) is 4.20. The van der Waals surface area contributed by atoms with Crippen LogP contribution in [0.4, 0.5) is 0 Å². The molecule has 16 heavy (non-hydrogen) atoms. The topological polar surface area (TPSA) is 30.5 Å². The zero-order valence-electron chi connectivity index (χ0n) is 9.38. The molecule has 1 aliphatic rings. The number of fused-ring (bicyclic) bond motifs is 1. The van der Waals surface area contributed by atoms with Crippen molar-refractivity contribution < 1.29 is 9.47 Å². The highest BCUT2D eigenvalue weighted by Crippen LogP contribution is 2.35. The molecule has 0 bridgehead atoms. The Morgan fingerprint density at radius 1 is 1.25 bits per heavy atom. The zero-order valence-corrected chi connectivity index (χ0v) is 10.1. The zero-order chi connectivity index (χ0) is 11.4. The Kier molecular flexibility index (Phi) is 3.91. The van der Waals surface area contributed by atoms with Crippen LogP contribution in [0.3, 0.4) is 0 Å². The van der Waals surface area contributed by atoms with Gasteiger partial charge in [-0.15, -0.1) is 0 Å². The monoisotopic (exact) mass is 241 g/mol. The van der Waals surface area contributed by atoms with E-state index in [1.807, 2.05) is 19.2 Å². The van der Waals surface area contributed by atoms with Crippen molar-refractivity contribution in [1.29, 1.82) is 0 Å². The molecule has 0 spiro atoms. The molecular formula is C12H16ClNO2. The van der Waals surface area contributed by atoms with Crippen molar-refractivity contribution in [2.45, 2.75) is 12.8 Å². The molecule has 1 aromatic rings. The Balaban J connectivity index is 2.24. The third kappa shape index (κ3) is 2.60. The number of ether oxygens (including phenoxy) is 2. The molecule has 1 heterocycles. The molecule has 0 aromatic heterocycles. The maximum Gasteiger partial charge on any atom is 0.162 e. The third-order valence-electron chi connectivity index (χ3n) is 2.56. The summed E-state index contributed by atoms with van der Waals surface area (Å²) in [5, 5.41) is 3.85. The molecule has 3 nitrogen and oxygen atoms in total. The highest BCUT2D eigenvalue weighted by molar-refractivity contribution is 6.31. The average molecular weight is 242 g/mol. The van der Waals surface area contributed by atoms with E-state index in [9.17, 15) is 0 Å². The Morgan fingerprint density at radius 2 is 1.94 bits per heavy atom. The van der Waals surface area contributed by atoms with E-state index in [0.717, 1.165) is 41.5 Å². The first-order valence-electron chi connectivity index (χ1n) is 5.54. The third-order valence-corrected chi connectivity index (χ3v) is 2.91. The van der Waals surface area contributed by atoms with Gasteiger partial charge in [0.1, 0.15) is 0 Å². The van der Waals surface area contributed by atoms with E-state index in [0.29, 0.717) is 13.2 Å². The fourth-order valence-electron chi connectivity index (χ4n) is 1.68. The fraction of sp³-hybridized carbons (Fsp3) is 0.500. The van der Waals surface area contributed by atoms with Gasteiger partial charge in [0, 0.05) is 17.5 Å². The molecule has 0 unspecified atom stereocenters. The Bertz CT molecular complexity index is 368. The lowest BCUT2D eigenvalue weighted by Gasteiger charge is -2.11. The van der Waals surface area contributed by atoms with Crippen LogP contribution in [0.15, 0.2) is 12.1 Å². The largest absolute Gasteiger partial charge is 0.490 e. The van der Waals surface area contributed by atoms with Gasteiger partial charge in [-0.25, -0.2) is 0 Å². The van der Waals surface area contributed by atoms with Gasteiger partial charge in [0.15, 0.2) is 11.5 Å². The molecule has 0 atom stereocenters. The van der Waals surface area contributed by atoms with Crippen molar-refractivity contribution in [2.75, 3.05) is 26.8 Å². The van der Waals surface area contributed by atoms with Crippen molar-refractivity contribution >= 4 is 11.6 Å². The maximum atomic E-state index is 6.19. The van der Waals surface area contributed by atoms with E-state index >= 15 is 0 Å². The number of likely N-dealkylation sites (N-methyl/N-ethyl adjacent to an activating group) is 1. The van der Waals surface area contributed by atoms with Crippen molar-refractivity contribution in [2.24, 2.45) is 0 Å². The van der Waals surface area contributed by atoms with Gasteiger partial charge in [0.05, 0.1) is 13.2 Å². The molecule has 0 saturated carbocycles. The number of rotatable bonds is 3. The first-order chi connectivity index (χ1) is 7.81. The molecule has 0 fully saturated rings. The highest BCUT2D eigenvalue weighted by atomic mass is 35.5. The van der Waals surface area contributed by atoms with E-state index in [1.54, 1.807) is 0 Å². The summed E-state index contributed by atoms with van der Waals surface area (Å²) in [7, 11) is 1.93. The fourth-order valence-corrected chi connectivity index (χ4v) is 1.93. The number of hydrogen-bond donors (Lipinski definition) is 1. The van der Waals surface area contributed by atoms with Crippen molar-refractivity contribution in [3.8, 4) is 11.5 Å². The van der Waals surface area contributed by atoms with Crippen LogP contribution in [0, 0.1) is 0 Å². The maximum absolute atomic E-state index is 6.19. The Hall–Kier alpha value is -0.930. The predicted octanol–water partition coefficient (Wildman–Crippen LogP) is 2.26. The molecule has 0 amide bonds. The normalized spacial score (nSPS) is 14.6. The second-order valence-electron chi connectivity index (χ2n) is 3.79. The van der Waals surface area contributed by atoms with E-state index in [4.69, 9.17) is 21.1 Å². The summed E-state index contributed by atoms with van der Waals surface area (Å²) in [6.45, 7) is 2.30. The quantitative estimate of drug-likeness (QED) is 0.881. The molecular weight excluding hydrogens is 226 g/mol. The average Bonchev–Trinajstić information content (AvgIpc) is 2.50. The first-order valence-corrected chi connectivity index (χ1v) is 5.91. The van der Waals surface area contributed by atoms with Gasteiger partial charge in [-0.05, 0) is 31.6 Å². The van der Waals surface area contributed by atoms with Crippen LogP contribution in [-0.4, -0.2) is 26.8 Å². The SMILES string of the molecule is CNCCc1cc2c(cc1Cl)OCCCO2. The molecule has 4 heteroatoms. The minimum Gasteiger partial charge on any atom is -0.490 e. The summed E-state index contributed by atoms with van der Waals surface area (Å²) in [5.41, 5.74) is 1.10. The molecule has 2 rings (SSSR count). The van der Waals surface area contributed by atoms with Crippen LogP contribution in [0.1, 0.15) is 12.0 Å². The van der Waals surface area contributed by atoms with E-state index < -0.39 is 0 Å². The molecule has 0 aliphatic carbocycles. The lowest BCUT2D eigenvalue weighted by atomic mass is 10.1. The van der Waals surface area contributed by atoms with Gasteiger partial charge in [-0.1, -0.05) is 11.6 Å². The van der Waals surface area contributed by atoms with Gasteiger partial charge in [-0.3, -0.25) is 0 Å². The number of benzene rings is 1. The smallest absolute Gasteiger partial charge is 0.162 e. The first kappa shape index (κ1) is 11.6. The van der Waals surface area contributed by atoms with Crippen molar-refractivity contribution in [1.82, 2.24) is 5.32 Å². The molecule has 1 aliphatic heterocycles. The van der Waals surface area contributed by atoms with Gasteiger partial charge < -0.3 is 14.8 Å². The molecule has 1 N–H and O–H groups in total. The van der Waals surface area contributed by atoms with Crippen molar-refractivity contribution in [3.05, 3.63) is 22.7 Å². The molecule has 1 aromatic carbocycles. The van der Waals surface area contributed by atoms with Gasteiger partial charge in [0.2, 0.25) is 0 Å². The lowest BCUT2D eigenvalue weighted by molar-refractivity contribution is 0.297. The summed E-state index contributed by atoms with van der Waals surface area (Å²) in [4.78, 5) is 0. The van der Waals surface area contributed by atoms with Crippen LogP contribution in [0.2, 0.25) is 5.02 Å². The minimum atomic E-state index is 0.694. The predicted molar refractivity (Wildman–Crippen MR) is 64.7 cm³/mol. The van der Waals surface area contributed by atoms with Crippen LogP contribution in [0.25, 0.3) is 0 Å². The van der Waals surface area contributed by atoms with Gasteiger partial charge in [0.25, 0.3) is 0 Å². The summed E-state index contributed by atoms with van der Waals surface area (Å²) < 4.78 is 11.2. The summed E-state index contributed by atoms with van der Waals surface area (Å²) in [6.07, 6.45) is 1.81. The van der Waals surface area contributed by atoms with Crippen LogP contribution < -0.4 is 14.8 Å². The minimum absolute atomic E-state index is 0.694. The molecule has 88 valence electrons. The number of nitrogens with one attached hydrogen (secondary N) is 1. The molecule has 0 radical (unpaired) electrons.